The van der Waals surface area contributed by atoms with Crippen molar-refractivity contribution >= 4 is 5.97 Å². The zero-order valence-corrected chi connectivity index (χ0v) is 10.5. The summed E-state index contributed by atoms with van der Waals surface area (Å²) in [5.41, 5.74) is 0.812. The van der Waals surface area contributed by atoms with Crippen molar-refractivity contribution in [1.82, 2.24) is 0 Å². The minimum atomic E-state index is -0.817. The van der Waals surface area contributed by atoms with Crippen molar-refractivity contribution in [2.24, 2.45) is 0 Å². The van der Waals surface area contributed by atoms with Gasteiger partial charge in [0.15, 0.2) is 0 Å². The van der Waals surface area contributed by atoms with Crippen molar-refractivity contribution < 1.29 is 14.6 Å². The van der Waals surface area contributed by atoms with Crippen LogP contribution >= 0.6 is 0 Å². The van der Waals surface area contributed by atoms with Gasteiger partial charge in [-0.3, -0.25) is 4.79 Å². The van der Waals surface area contributed by atoms with Gasteiger partial charge in [-0.2, -0.15) is 0 Å². The molecule has 1 atom stereocenters. The molecule has 0 radical (unpaired) electrons. The highest BCUT2D eigenvalue weighted by molar-refractivity contribution is 5.76. The second-order valence-corrected chi connectivity index (χ2v) is 4.25. The third-order valence-electron chi connectivity index (χ3n) is 2.92. The third kappa shape index (κ3) is 3.85. The molecule has 3 heteroatoms. The fourth-order valence-corrected chi connectivity index (χ4v) is 1.93. The number of carbonyl (C=O) groups is 1. The van der Waals surface area contributed by atoms with Crippen molar-refractivity contribution in [2.45, 2.75) is 12.3 Å². The minimum absolute atomic E-state index is 0.385. The molecule has 3 nitrogen and oxygen atoms in total. The van der Waals surface area contributed by atoms with Gasteiger partial charge in [-0.25, -0.2) is 0 Å². The van der Waals surface area contributed by atoms with Gasteiger partial charge in [-0.05, 0) is 24.1 Å². The molecule has 2 rings (SSSR count). The molecule has 1 N–H and O–H groups in total. The second kappa shape index (κ2) is 6.59. The van der Waals surface area contributed by atoms with E-state index in [1.54, 1.807) is 0 Å². The van der Waals surface area contributed by atoms with Crippen LogP contribution in [0.3, 0.4) is 0 Å². The topological polar surface area (TPSA) is 46.5 Å². The van der Waals surface area contributed by atoms with Crippen LogP contribution in [0.1, 0.15) is 17.9 Å². The lowest BCUT2D eigenvalue weighted by Gasteiger charge is -2.13. The highest BCUT2D eigenvalue weighted by atomic mass is 16.5. The molecule has 0 aromatic heterocycles. The number of rotatable bonds is 6. The summed E-state index contributed by atoms with van der Waals surface area (Å²) >= 11 is 0. The standard InChI is InChI=1S/C16H16O3/c17-16(18)15(13-7-3-1-4-8-13)11-12-19-14-9-5-2-6-10-14/h1-10,15H,11-12H2,(H,17,18)/t15-/m1/s1. The molecule has 0 aliphatic carbocycles. The molecular weight excluding hydrogens is 240 g/mol. The number of aliphatic carboxylic acids is 1. The fourth-order valence-electron chi connectivity index (χ4n) is 1.93. The van der Waals surface area contributed by atoms with Crippen molar-refractivity contribution in [3.8, 4) is 5.75 Å². The summed E-state index contributed by atoms with van der Waals surface area (Å²) < 4.78 is 5.54. The van der Waals surface area contributed by atoms with E-state index in [-0.39, 0.29) is 0 Å². The summed E-state index contributed by atoms with van der Waals surface area (Å²) in [6.07, 6.45) is 0.453. The second-order valence-electron chi connectivity index (χ2n) is 4.25. The van der Waals surface area contributed by atoms with Gasteiger partial charge in [-0.15, -0.1) is 0 Å². The van der Waals surface area contributed by atoms with Crippen LogP contribution in [0.2, 0.25) is 0 Å². The van der Waals surface area contributed by atoms with Crippen LogP contribution in [0.5, 0.6) is 5.75 Å². The Balaban J connectivity index is 1.94. The van der Waals surface area contributed by atoms with Gasteiger partial charge in [0.25, 0.3) is 0 Å². The van der Waals surface area contributed by atoms with Gasteiger partial charge >= 0.3 is 5.97 Å². The lowest BCUT2D eigenvalue weighted by Crippen LogP contribution is -2.15. The number of hydrogen-bond acceptors (Lipinski definition) is 2. The van der Waals surface area contributed by atoms with E-state index >= 15 is 0 Å². The summed E-state index contributed by atoms with van der Waals surface area (Å²) in [7, 11) is 0. The average molecular weight is 256 g/mol. The molecule has 0 heterocycles. The quantitative estimate of drug-likeness (QED) is 0.862. The molecule has 0 fully saturated rings. The van der Waals surface area contributed by atoms with E-state index in [2.05, 4.69) is 0 Å². The van der Waals surface area contributed by atoms with E-state index in [0.717, 1.165) is 11.3 Å². The Labute approximate surface area is 112 Å². The Morgan fingerprint density at radius 1 is 1.00 bits per heavy atom. The summed E-state index contributed by atoms with van der Waals surface area (Å²) in [5, 5.41) is 9.27. The highest BCUT2D eigenvalue weighted by Gasteiger charge is 2.19. The third-order valence-corrected chi connectivity index (χ3v) is 2.92. The van der Waals surface area contributed by atoms with E-state index in [9.17, 15) is 9.90 Å². The molecule has 0 aliphatic rings. The first kappa shape index (κ1) is 13.1. The van der Waals surface area contributed by atoms with Gasteiger partial charge in [0.05, 0.1) is 12.5 Å². The molecular formula is C16H16O3. The van der Waals surface area contributed by atoms with Crippen molar-refractivity contribution in [1.29, 1.82) is 0 Å². The molecule has 0 saturated carbocycles. The van der Waals surface area contributed by atoms with E-state index < -0.39 is 11.9 Å². The van der Waals surface area contributed by atoms with E-state index in [4.69, 9.17) is 4.74 Å². The Bertz CT molecular complexity index is 508. The molecule has 98 valence electrons. The Hall–Kier alpha value is -2.29. The van der Waals surface area contributed by atoms with Crippen molar-refractivity contribution in [3.63, 3.8) is 0 Å². The van der Waals surface area contributed by atoms with Crippen LogP contribution in [0.4, 0.5) is 0 Å². The van der Waals surface area contributed by atoms with E-state index in [1.165, 1.54) is 0 Å². The number of carboxylic acids is 1. The molecule has 0 bridgehead atoms. The SMILES string of the molecule is O=C(O)[C@H](CCOc1ccccc1)c1ccccc1. The molecule has 2 aromatic rings. The first-order valence-corrected chi connectivity index (χ1v) is 6.23. The highest BCUT2D eigenvalue weighted by Crippen LogP contribution is 2.20. The lowest BCUT2D eigenvalue weighted by atomic mass is 9.96. The van der Waals surface area contributed by atoms with E-state index in [1.807, 2.05) is 60.7 Å². The molecule has 0 amide bonds. The monoisotopic (exact) mass is 256 g/mol. The van der Waals surface area contributed by atoms with Crippen molar-refractivity contribution in [2.75, 3.05) is 6.61 Å². The number of benzene rings is 2. The van der Waals surface area contributed by atoms with Crippen LogP contribution in [0.25, 0.3) is 0 Å². The largest absolute Gasteiger partial charge is 0.494 e. The number of carboxylic acid groups (broad SMARTS) is 1. The number of hydrogen-bond donors (Lipinski definition) is 1. The zero-order valence-electron chi connectivity index (χ0n) is 10.5. The van der Waals surface area contributed by atoms with Crippen LogP contribution < -0.4 is 4.74 Å². The van der Waals surface area contributed by atoms with Crippen LogP contribution in [0, 0.1) is 0 Å². The van der Waals surface area contributed by atoms with Gasteiger partial charge in [0, 0.05) is 0 Å². The van der Waals surface area contributed by atoms with Gasteiger partial charge in [0.1, 0.15) is 5.75 Å². The van der Waals surface area contributed by atoms with Crippen LogP contribution in [-0.4, -0.2) is 17.7 Å². The first-order valence-electron chi connectivity index (χ1n) is 6.23. The molecule has 0 saturated heterocycles. The van der Waals surface area contributed by atoms with Gasteiger partial charge < -0.3 is 9.84 Å². The predicted molar refractivity (Wildman–Crippen MR) is 73.4 cm³/mol. The Kier molecular flexibility index (Phi) is 4.56. The molecule has 2 aromatic carbocycles. The predicted octanol–water partition coefficient (Wildman–Crippen LogP) is 3.32. The maximum Gasteiger partial charge on any atom is 0.311 e. The van der Waals surface area contributed by atoms with Crippen LogP contribution in [-0.2, 0) is 4.79 Å². The maximum absolute atomic E-state index is 11.3. The molecule has 0 spiro atoms. The lowest BCUT2D eigenvalue weighted by molar-refractivity contribution is -0.139. The fraction of sp³-hybridized carbons (Fsp3) is 0.188. The summed E-state index contributed by atoms with van der Waals surface area (Å²) in [6, 6.07) is 18.7. The zero-order chi connectivity index (χ0) is 13.5. The Morgan fingerprint density at radius 2 is 1.58 bits per heavy atom. The summed E-state index contributed by atoms with van der Waals surface area (Å²) in [5.74, 6) is -0.576. The Morgan fingerprint density at radius 3 is 2.16 bits per heavy atom. The molecule has 19 heavy (non-hydrogen) atoms. The number of ether oxygens (including phenoxy) is 1. The summed E-state index contributed by atoms with van der Waals surface area (Å²) in [6.45, 7) is 0.385. The smallest absolute Gasteiger partial charge is 0.311 e. The first-order chi connectivity index (χ1) is 9.27. The van der Waals surface area contributed by atoms with Crippen molar-refractivity contribution in [3.05, 3.63) is 66.2 Å². The normalized spacial score (nSPS) is 11.8. The van der Waals surface area contributed by atoms with E-state index in [0.29, 0.717) is 13.0 Å². The molecule has 0 unspecified atom stereocenters. The van der Waals surface area contributed by atoms with Gasteiger partial charge in [0.2, 0.25) is 0 Å². The maximum atomic E-state index is 11.3. The average Bonchev–Trinajstić information content (AvgIpc) is 2.45. The molecule has 0 aliphatic heterocycles. The van der Waals surface area contributed by atoms with Crippen LogP contribution in [0.15, 0.2) is 60.7 Å². The summed E-state index contributed by atoms with van der Waals surface area (Å²) in [4.78, 5) is 11.3. The minimum Gasteiger partial charge on any atom is -0.494 e. The van der Waals surface area contributed by atoms with Gasteiger partial charge in [-0.1, -0.05) is 48.5 Å². The number of para-hydroxylation sites is 1.